The third kappa shape index (κ3) is 2.32. The van der Waals surface area contributed by atoms with Gasteiger partial charge in [-0.2, -0.15) is 8.78 Å². The first kappa shape index (κ1) is 10.3. The van der Waals surface area contributed by atoms with Crippen molar-refractivity contribution in [2.45, 2.75) is 12.8 Å². The van der Waals surface area contributed by atoms with Crippen LogP contribution in [0.5, 0.6) is 0 Å². The minimum Gasteiger partial charge on any atom is -0.325 e. The molecule has 0 saturated heterocycles. The Bertz CT molecular complexity index is 296. The fourth-order valence-corrected chi connectivity index (χ4v) is 1.05. The molecular weight excluding hydrogens is 200 g/mol. The molecule has 2 N–H and O–H groups in total. The van der Waals surface area contributed by atoms with Gasteiger partial charge in [-0.15, -0.1) is 0 Å². The van der Waals surface area contributed by atoms with Crippen molar-refractivity contribution in [3.8, 4) is 0 Å². The Morgan fingerprint density at radius 1 is 1.54 bits per heavy atom. The van der Waals surface area contributed by atoms with Crippen LogP contribution in [0.15, 0.2) is 6.07 Å². The maximum Gasteiger partial charge on any atom is 0.301 e. The van der Waals surface area contributed by atoms with Crippen molar-refractivity contribution in [2.24, 2.45) is 5.73 Å². The van der Waals surface area contributed by atoms with Crippen LogP contribution in [-0.4, -0.2) is 16.5 Å². The van der Waals surface area contributed by atoms with Crippen LogP contribution in [0.2, 0.25) is 5.28 Å². The number of halogens is 3. The Hall–Kier alpha value is -0.810. The third-order valence-corrected chi connectivity index (χ3v) is 1.63. The molecule has 0 unspecified atom stereocenters. The standard InChI is InChI=1S/C7H8ClF2N3/c1-4-2-5(7(9,10)3-11)13-6(8)12-4/h2H,3,11H2,1H3. The second-order valence-electron chi connectivity index (χ2n) is 2.57. The summed E-state index contributed by atoms with van der Waals surface area (Å²) in [4.78, 5) is 7.06. The van der Waals surface area contributed by atoms with Crippen molar-refractivity contribution >= 4 is 11.6 Å². The third-order valence-electron chi connectivity index (χ3n) is 1.46. The van der Waals surface area contributed by atoms with E-state index in [1.807, 2.05) is 0 Å². The molecule has 13 heavy (non-hydrogen) atoms. The van der Waals surface area contributed by atoms with E-state index in [0.717, 1.165) is 0 Å². The molecule has 0 radical (unpaired) electrons. The summed E-state index contributed by atoms with van der Waals surface area (Å²) < 4.78 is 25.9. The van der Waals surface area contributed by atoms with Crippen molar-refractivity contribution in [1.29, 1.82) is 0 Å². The molecule has 0 bridgehead atoms. The molecular formula is C7H8ClF2N3. The van der Waals surface area contributed by atoms with Crippen LogP contribution in [0.1, 0.15) is 11.4 Å². The van der Waals surface area contributed by atoms with Crippen LogP contribution in [0, 0.1) is 6.92 Å². The van der Waals surface area contributed by atoms with Crippen LogP contribution in [0.25, 0.3) is 0 Å². The molecule has 1 heterocycles. The van der Waals surface area contributed by atoms with Crippen molar-refractivity contribution in [3.05, 3.63) is 22.7 Å². The number of aromatic nitrogens is 2. The highest BCUT2D eigenvalue weighted by Crippen LogP contribution is 2.25. The molecule has 0 fully saturated rings. The predicted molar refractivity (Wildman–Crippen MR) is 44.7 cm³/mol. The summed E-state index contributed by atoms with van der Waals surface area (Å²) >= 11 is 5.42. The molecule has 1 aromatic rings. The summed E-state index contributed by atoms with van der Waals surface area (Å²) in [5.41, 5.74) is 4.84. The van der Waals surface area contributed by atoms with Gasteiger partial charge in [0.15, 0.2) is 0 Å². The van der Waals surface area contributed by atoms with Gasteiger partial charge in [-0.1, -0.05) is 0 Å². The number of hydrogen-bond acceptors (Lipinski definition) is 3. The Morgan fingerprint density at radius 2 is 2.15 bits per heavy atom. The van der Waals surface area contributed by atoms with E-state index in [2.05, 4.69) is 9.97 Å². The van der Waals surface area contributed by atoms with Gasteiger partial charge < -0.3 is 5.73 Å². The molecule has 0 spiro atoms. The second-order valence-corrected chi connectivity index (χ2v) is 2.91. The highest BCUT2D eigenvalue weighted by atomic mass is 35.5. The molecule has 0 saturated carbocycles. The Kier molecular flexibility index (Phi) is 2.77. The predicted octanol–water partition coefficient (Wildman–Crippen LogP) is 1.49. The van der Waals surface area contributed by atoms with Crippen molar-refractivity contribution in [2.75, 3.05) is 6.54 Å². The zero-order valence-electron chi connectivity index (χ0n) is 6.89. The van der Waals surface area contributed by atoms with Crippen LogP contribution >= 0.6 is 11.6 Å². The number of alkyl halides is 2. The largest absolute Gasteiger partial charge is 0.325 e. The van der Waals surface area contributed by atoms with Gasteiger partial charge in [-0.3, -0.25) is 0 Å². The van der Waals surface area contributed by atoms with Crippen LogP contribution < -0.4 is 5.73 Å². The van der Waals surface area contributed by atoms with Crippen LogP contribution in [-0.2, 0) is 5.92 Å². The fraction of sp³-hybridized carbons (Fsp3) is 0.429. The first-order chi connectivity index (χ1) is 5.95. The highest BCUT2D eigenvalue weighted by molar-refractivity contribution is 6.28. The fourth-order valence-electron chi connectivity index (χ4n) is 0.824. The average molecular weight is 208 g/mol. The normalized spacial score (nSPS) is 11.8. The van der Waals surface area contributed by atoms with Crippen LogP contribution in [0.3, 0.4) is 0 Å². The summed E-state index contributed by atoms with van der Waals surface area (Å²) in [6.07, 6.45) is 0. The molecule has 0 atom stereocenters. The molecule has 3 nitrogen and oxygen atoms in total. The van der Waals surface area contributed by atoms with Crippen molar-refractivity contribution in [3.63, 3.8) is 0 Å². The first-order valence-electron chi connectivity index (χ1n) is 3.55. The number of aryl methyl sites for hydroxylation is 1. The topological polar surface area (TPSA) is 51.8 Å². The van der Waals surface area contributed by atoms with E-state index in [1.165, 1.54) is 6.07 Å². The quantitative estimate of drug-likeness (QED) is 0.748. The van der Waals surface area contributed by atoms with Gasteiger partial charge in [0.25, 0.3) is 0 Å². The lowest BCUT2D eigenvalue weighted by Crippen LogP contribution is -2.26. The van der Waals surface area contributed by atoms with Gasteiger partial charge in [-0.05, 0) is 24.6 Å². The monoisotopic (exact) mass is 207 g/mol. The highest BCUT2D eigenvalue weighted by Gasteiger charge is 2.31. The summed E-state index contributed by atoms with van der Waals surface area (Å²) in [6.45, 7) is 0.767. The molecule has 6 heteroatoms. The van der Waals surface area contributed by atoms with Gasteiger partial charge in [0.1, 0.15) is 5.69 Å². The van der Waals surface area contributed by atoms with Gasteiger partial charge in [0, 0.05) is 5.69 Å². The molecule has 0 amide bonds. The lowest BCUT2D eigenvalue weighted by molar-refractivity contribution is 0.00117. The van der Waals surface area contributed by atoms with E-state index in [-0.39, 0.29) is 5.28 Å². The number of nitrogens with zero attached hydrogens (tertiary/aromatic N) is 2. The maximum atomic E-state index is 13.0. The molecule has 0 aromatic carbocycles. The minimum atomic E-state index is -3.14. The first-order valence-corrected chi connectivity index (χ1v) is 3.93. The summed E-state index contributed by atoms with van der Waals surface area (Å²) in [6, 6.07) is 1.17. The van der Waals surface area contributed by atoms with Gasteiger partial charge >= 0.3 is 5.92 Å². The van der Waals surface area contributed by atoms with Gasteiger partial charge in [0.2, 0.25) is 5.28 Å². The van der Waals surface area contributed by atoms with E-state index >= 15 is 0 Å². The van der Waals surface area contributed by atoms with Crippen molar-refractivity contribution in [1.82, 2.24) is 9.97 Å². The minimum absolute atomic E-state index is 0.192. The van der Waals surface area contributed by atoms with Gasteiger partial charge in [-0.25, -0.2) is 9.97 Å². The van der Waals surface area contributed by atoms with Crippen LogP contribution in [0.4, 0.5) is 8.78 Å². The lowest BCUT2D eigenvalue weighted by atomic mass is 10.2. The Labute approximate surface area is 78.9 Å². The average Bonchev–Trinajstić information content (AvgIpc) is 2.02. The SMILES string of the molecule is Cc1cc(C(F)(F)CN)nc(Cl)n1. The molecule has 0 aliphatic heterocycles. The summed E-state index contributed by atoms with van der Waals surface area (Å²) in [7, 11) is 0. The molecule has 72 valence electrons. The molecule has 1 aromatic heterocycles. The maximum absolute atomic E-state index is 13.0. The van der Waals surface area contributed by atoms with Crippen molar-refractivity contribution < 1.29 is 8.78 Å². The molecule has 1 rings (SSSR count). The lowest BCUT2D eigenvalue weighted by Gasteiger charge is -2.13. The summed E-state index contributed by atoms with van der Waals surface area (Å²) in [5.74, 6) is -3.14. The van der Waals surface area contributed by atoms with E-state index in [1.54, 1.807) is 6.92 Å². The van der Waals surface area contributed by atoms with E-state index in [0.29, 0.717) is 5.69 Å². The second kappa shape index (κ2) is 3.51. The number of rotatable bonds is 2. The van der Waals surface area contributed by atoms with E-state index in [9.17, 15) is 8.78 Å². The van der Waals surface area contributed by atoms with E-state index < -0.39 is 18.2 Å². The van der Waals surface area contributed by atoms with Gasteiger partial charge in [0.05, 0.1) is 6.54 Å². The molecule has 0 aliphatic rings. The zero-order chi connectivity index (χ0) is 10.1. The Balaban J connectivity index is 3.15. The smallest absolute Gasteiger partial charge is 0.301 e. The summed E-state index contributed by atoms with van der Waals surface area (Å²) in [5, 5.41) is -0.192. The number of hydrogen-bond donors (Lipinski definition) is 1. The number of nitrogens with two attached hydrogens (primary N) is 1. The molecule has 0 aliphatic carbocycles. The van der Waals surface area contributed by atoms with E-state index in [4.69, 9.17) is 17.3 Å². The Morgan fingerprint density at radius 3 is 2.62 bits per heavy atom. The zero-order valence-corrected chi connectivity index (χ0v) is 7.65.